The van der Waals surface area contributed by atoms with Crippen LogP contribution in [0, 0.1) is 0 Å². The molecule has 0 aliphatic carbocycles. The Morgan fingerprint density at radius 2 is 2.00 bits per heavy atom. The third-order valence-electron chi connectivity index (χ3n) is 3.02. The number of rotatable bonds is 3. The van der Waals surface area contributed by atoms with E-state index in [-0.39, 0.29) is 12.4 Å². The first-order chi connectivity index (χ1) is 7.44. The van der Waals surface area contributed by atoms with E-state index in [0.29, 0.717) is 6.42 Å². The molecule has 5 nitrogen and oxygen atoms in total. The highest BCUT2D eigenvalue weighted by molar-refractivity contribution is 5.94. The highest BCUT2D eigenvalue weighted by Crippen LogP contribution is 2.41. The number of carbonyl (C=O) groups is 1. The Bertz CT molecular complexity index is 301. The third kappa shape index (κ3) is 1.68. The van der Waals surface area contributed by atoms with Crippen molar-refractivity contribution in [3.05, 3.63) is 0 Å². The molecule has 2 aliphatic heterocycles. The average molecular weight is 230 g/mol. The smallest absolute Gasteiger partial charge is 0.201 e. The average Bonchev–Trinajstić information content (AvgIpc) is 2.62. The van der Waals surface area contributed by atoms with Crippen molar-refractivity contribution in [1.29, 1.82) is 0 Å². The normalized spacial score (nSPS) is 41.4. The molecule has 1 N–H and O–H groups in total. The van der Waals surface area contributed by atoms with E-state index in [9.17, 15) is 9.90 Å². The maximum atomic E-state index is 12.1. The lowest BCUT2D eigenvalue weighted by molar-refractivity contribution is -0.228. The zero-order valence-electron chi connectivity index (χ0n) is 9.86. The maximum absolute atomic E-state index is 12.1. The van der Waals surface area contributed by atoms with E-state index in [1.54, 1.807) is 13.8 Å². The summed E-state index contributed by atoms with van der Waals surface area (Å²) >= 11 is 0. The molecular weight excluding hydrogens is 212 g/mol. The Labute approximate surface area is 94.7 Å². The fourth-order valence-corrected chi connectivity index (χ4v) is 2.31. The summed E-state index contributed by atoms with van der Waals surface area (Å²) in [6.07, 6.45) is -0.132. The number of carbonyl (C=O) groups excluding carboxylic acids is 1. The van der Waals surface area contributed by atoms with E-state index in [1.807, 2.05) is 6.92 Å². The Morgan fingerprint density at radius 3 is 2.50 bits per heavy atom. The first kappa shape index (κ1) is 12.0. The molecule has 1 unspecified atom stereocenters. The van der Waals surface area contributed by atoms with Crippen molar-refractivity contribution in [2.24, 2.45) is 0 Å². The van der Waals surface area contributed by atoms with Crippen molar-refractivity contribution < 1.29 is 24.1 Å². The minimum Gasteiger partial charge on any atom is -0.393 e. The summed E-state index contributed by atoms with van der Waals surface area (Å²) in [7, 11) is 0. The van der Waals surface area contributed by atoms with Gasteiger partial charge >= 0.3 is 0 Å². The first-order valence-corrected chi connectivity index (χ1v) is 5.63. The Kier molecular flexibility index (Phi) is 2.82. The van der Waals surface area contributed by atoms with Crippen LogP contribution in [-0.4, -0.2) is 41.3 Å². The number of hydrogen-bond donors (Lipinski definition) is 1. The molecule has 0 radical (unpaired) electrons. The van der Waals surface area contributed by atoms with Crippen LogP contribution in [0.5, 0.6) is 0 Å². The van der Waals surface area contributed by atoms with E-state index in [0.717, 1.165) is 6.42 Å². The fraction of sp³-hybridized carbons (Fsp3) is 0.909. The van der Waals surface area contributed by atoms with Crippen molar-refractivity contribution in [2.75, 3.05) is 6.61 Å². The molecule has 0 saturated carbocycles. The molecule has 3 atom stereocenters. The molecule has 16 heavy (non-hydrogen) atoms. The molecule has 2 rings (SSSR count). The molecule has 0 aromatic rings. The fourth-order valence-electron chi connectivity index (χ4n) is 2.31. The van der Waals surface area contributed by atoms with Gasteiger partial charge in [0, 0.05) is 0 Å². The van der Waals surface area contributed by atoms with E-state index < -0.39 is 23.8 Å². The molecule has 2 saturated heterocycles. The van der Waals surface area contributed by atoms with Gasteiger partial charge in [0.05, 0.1) is 6.61 Å². The van der Waals surface area contributed by atoms with E-state index >= 15 is 0 Å². The molecule has 2 fully saturated rings. The summed E-state index contributed by atoms with van der Waals surface area (Å²) in [6, 6.07) is 0. The second kappa shape index (κ2) is 3.77. The predicted octanol–water partition coefficient (Wildman–Crippen LogP) is 0.594. The number of hydrogen-bond acceptors (Lipinski definition) is 5. The van der Waals surface area contributed by atoms with Crippen LogP contribution in [0.15, 0.2) is 0 Å². The molecule has 0 spiro atoms. The van der Waals surface area contributed by atoms with Crippen LogP contribution in [0.2, 0.25) is 0 Å². The van der Waals surface area contributed by atoms with Crippen LogP contribution >= 0.6 is 0 Å². The lowest BCUT2D eigenvalue weighted by atomic mass is 9.93. The van der Waals surface area contributed by atoms with Gasteiger partial charge < -0.3 is 19.3 Å². The minimum absolute atomic E-state index is 0.201. The van der Waals surface area contributed by atoms with Crippen LogP contribution in [0.1, 0.15) is 33.6 Å². The van der Waals surface area contributed by atoms with Crippen molar-refractivity contribution >= 4 is 5.78 Å². The minimum atomic E-state index is -1.12. The lowest BCUT2D eigenvalue weighted by Crippen LogP contribution is -2.44. The topological polar surface area (TPSA) is 65.0 Å². The molecule has 0 amide bonds. The highest BCUT2D eigenvalue weighted by atomic mass is 16.8. The van der Waals surface area contributed by atoms with Gasteiger partial charge in [-0.25, -0.2) is 0 Å². The van der Waals surface area contributed by atoms with Crippen molar-refractivity contribution in [3.63, 3.8) is 0 Å². The van der Waals surface area contributed by atoms with E-state index in [2.05, 4.69) is 0 Å². The van der Waals surface area contributed by atoms with Gasteiger partial charge in [-0.05, 0) is 20.3 Å². The molecule has 2 heterocycles. The lowest BCUT2D eigenvalue weighted by Gasteiger charge is -2.27. The number of aliphatic hydroxyl groups excluding tert-OH is 1. The van der Waals surface area contributed by atoms with Gasteiger partial charge in [0.15, 0.2) is 23.8 Å². The maximum Gasteiger partial charge on any atom is 0.201 e. The summed E-state index contributed by atoms with van der Waals surface area (Å²) in [5.74, 6) is -0.994. The van der Waals surface area contributed by atoms with E-state index in [4.69, 9.17) is 14.2 Å². The zero-order chi connectivity index (χ0) is 12.0. The highest BCUT2D eigenvalue weighted by Gasteiger charge is 2.60. The quantitative estimate of drug-likeness (QED) is 0.769. The molecule has 0 aromatic heterocycles. The standard InChI is InChI=1S/C11H18O5/c1-4-5-11(6-12)8(13)7-9(16-11)15-10(2,3)14-7/h7,9,12H,4-6H2,1-3H3/t7?,9-,11+/m0/s1. The molecule has 2 aliphatic rings. The number of aliphatic hydroxyl groups is 1. The summed E-state index contributed by atoms with van der Waals surface area (Å²) < 4.78 is 16.5. The van der Waals surface area contributed by atoms with Crippen molar-refractivity contribution in [3.8, 4) is 0 Å². The van der Waals surface area contributed by atoms with Gasteiger partial charge in [-0.15, -0.1) is 0 Å². The van der Waals surface area contributed by atoms with Crippen LogP contribution < -0.4 is 0 Å². The number of ether oxygens (including phenoxy) is 3. The van der Waals surface area contributed by atoms with Gasteiger partial charge in [-0.2, -0.15) is 0 Å². The number of fused-ring (bicyclic) bond motifs is 1. The molecule has 0 bridgehead atoms. The summed E-state index contributed by atoms with van der Waals surface area (Å²) in [6.45, 7) is 5.10. The second-order valence-electron chi connectivity index (χ2n) is 4.81. The Morgan fingerprint density at radius 1 is 1.31 bits per heavy atom. The van der Waals surface area contributed by atoms with Crippen LogP contribution in [0.4, 0.5) is 0 Å². The largest absolute Gasteiger partial charge is 0.393 e. The molecular formula is C11H18O5. The van der Waals surface area contributed by atoms with Crippen LogP contribution in [0.25, 0.3) is 0 Å². The summed E-state index contributed by atoms with van der Waals surface area (Å²) in [5.41, 5.74) is -1.12. The van der Waals surface area contributed by atoms with Gasteiger partial charge in [-0.1, -0.05) is 13.3 Å². The number of Topliss-reactive ketones (excluding diaryl/α,β-unsaturated/α-hetero) is 1. The Balaban J connectivity index is 2.18. The second-order valence-corrected chi connectivity index (χ2v) is 4.81. The SMILES string of the molecule is CCC[C@]1(CO)O[C@@H]2OC(C)(C)OC2C1=O. The molecule has 92 valence electrons. The van der Waals surface area contributed by atoms with Gasteiger partial charge in [-0.3, -0.25) is 4.79 Å². The van der Waals surface area contributed by atoms with Gasteiger partial charge in [0.25, 0.3) is 0 Å². The molecule has 5 heteroatoms. The monoisotopic (exact) mass is 230 g/mol. The van der Waals surface area contributed by atoms with Crippen LogP contribution in [0.3, 0.4) is 0 Å². The number of ketones is 1. The third-order valence-corrected chi connectivity index (χ3v) is 3.02. The van der Waals surface area contributed by atoms with Crippen molar-refractivity contribution in [1.82, 2.24) is 0 Å². The zero-order valence-corrected chi connectivity index (χ0v) is 9.86. The van der Waals surface area contributed by atoms with E-state index in [1.165, 1.54) is 0 Å². The first-order valence-electron chi connectivity index (χ1n) is 5.63. The Hall–Kier alpha value is -0.490. The van der Waals surface area contributed by atoms with Gasteiger partial charge in [0.1, 0.15) is 0 Å². The van der Waals surface area contributed by atoms with Gasteiger partial charge in [0.2, 0.25) is 5.78 Å². The summed E-state index contributed by atoms with van der Waals surface area (Å²) in [4.78, 5) is 12.1. The predicted molar refractivity (Wildman–Crippen MR) is 54.6 cm³/mol. The molecule has 0 aromatic carbocycles. The summed E-state index contributed by atoms with van der Waals surface area (Å²) in [5, 5.41) is 9.35. The van der Waals surface area contributed by atoms with Crippen LogP contribution in [-0.2, 0) is 19.0 Å². The van der Waals surface area contributed by atoms with Crippen molar-refractivity contribution in [2.45, 2.75) is 57.4 Å².